The van der Waals surface area contributed by atoms with E-state index < -0.39 is 0 Å². The van der Waals surface area contributed by atoms with Gasteiger partial charge in [0.2, 0.25) is 5.82 Å². The SMILES string of the molecule is CC[N+]1(C)CCN(C(=O)c2ncccn2)C(C(C)C)C1. The van der Waals surface area contributed by atoms with Crippen molar-refractivity contribution in [3.8, 4) is 0 Å². The normalized spacial score (nSPS) is 26.9. The summed E-state index contributed by atoms with van der Waals surface area (Å²) in [6, 6.07) is 1.99. The lowest BCUT2D eigenvalue weighted by Crippen LogP contribution is -2.64. The van der Waals surface area contributed by atoms with E-state index in [-0.39, 0.29) is 11.9 Å². The fraction of sp³-hybridized carbons (Fsp3) is 0.667. The van der Waals surface area contributed by atoms with Crippen molar-refractivity contribution >= 4 is 5.91 Å². The van der Waals surface area contributed by atoms with Crippen LogP contribution in [0, 0.1) is 5.92 Å². The first kappa shape index (κ1) is 14.9. The third-order valence-electron chi connectivity index (χ3n) is 4.46. The number of hydrogen-bond donors (Lipinski definition) is 0. The van der Waals surface area contributed by atoms with Gasteiger partial charge in [-0.15, -0.1) is 0 Å². The van der Waals surface area contributed by atoms with Crippen molar-refractivity contribution < 1.29 is 9.28 Å². The number of piperazine rings is 1. The first-order valence-corrected chi connectivity index (χ1v) is 7.38. The summed E-state index contributed by atoms with van der Waals surface area (Å²) in [6.45, 7) is 10.5. The van der Waals surface area contributed by atoms with E-state index in [1.54, 1.807) is 18.5 Å². The van der Waals surface area contributed by atoms with Crippen LogP contribution in [0.1, 0.15) is 31.4 Å². The van der Waals surface area contributed by atoms with Crippen LogP contribution in [0.5, 0.6) is 0 Å². The third-order valence-corrected chi connectivity index (χ3v) is 4.46. The van der Waals surface area contributed by atoms with E-state index in [0.717, 1.165) is 30.7 Å². The van der Waals surface area contributed by atoms with Crippen molar-refractivity contribution in [2.75, 3.05) is 33.2 Å². The van der Waals surface area contributed by atoms with Gasteiger partial charge in [-0.25, -0.2) is 9.97 Å². The summed E-state index contributed by atoms with van der Waals surface area (Å²) in [5.41, 5.74) is 0. The van der Waals surface area contributed by atoms with E-state index in [9.17, 15) is 4.79 Å². The molecule has 0 aromatic carbocycles. The number of quaternary nitrogens is 1. The van der Waals surface area contributed by atoms with Gasteiger partial charge in [0.25, 0.3) is 5.91 Å². The van der Waals surface area contributed by atoms with Gasteiger partial charge in [0.05, 0.1) is 39.3 Å². The van der Waals surface area contributed by atoms with E-state index in [1.165, 1.54) is 0 Å². The quantitative estimate of drug-likeness (QED) is 0.785. The molecule has 0 aliphatic carbocycles. The smallest absolute Gasteiger partial charge is 0.292 e. The molecule has 1 aliphatic heterocycles. The summed E-state index contributed by atoms with van der Waals surface area (Å²) < 4.78 is 1.03. The third kappa shape index (κ3) is 2.98. The predicted octanol–water partition coefficient (Wildman–Crippen LogP) is 1.42. The van der Waals surface area contributed by atoms with Gasteiger partial charge in [0, 0.05) is 12.4 Å². The summed E-state index contributed by atoms with van der Waals surface area (Å²) in [5.74, 6) is 0.712. The van der Waals surface area contributed by atoms with E-state index >= 15 is 0 Å². The molecule has 1 aromatic rings. The molecular weight excluding hydrogens is 252 g/mol. The lowest BCUT2D eigenvalue weighted by Gasteiger charge is -2.47. The van der Waals surface area contributed by atoms with Crippen LogP contribution in [0.2, 0.25) is 0 Å². The van der Waals surface area contributed by atoms with Crippen molar-refractivity contribution in [3.63, 3.8) is 0 Å². The number of likely N-dealkylation sites (N-methyl/N-ethyl adjacent to an activating group) is 1. The molecule has 1 aromatic heterocycles. The van der Waals surface area contributed by atoms with Crippen molar-refractivity contribution in [2.45, 2.75) is 26.8 Å². The van der Waals surface area contributed by atoms with Crippen LogP contribution in [0.15, 0.2) is 18.5 Å². The van der Waals surface area contributed by atoms with E-state index in [0.29, 0.717) is 11.7 Å². The maximum absolute atomic E-state index is 12.6. The molecule has 2 rings (SSSR count). The number of carbonyl (C=O) groups is 1. The van der Waals surface area contributed by atoms with Crippen molar-refractivity contribution in [3.05, 3.63) is 24.3 Å². The Morgan fingerprint density at radius 3 is 2.65 bits per heavy atom. The summed E-state index contributed by atoms with van der Waals surface area (Å²) >= 11 is 0. The van der Waals surface area contributed by atoms with Crippen molar-refractivity contribution in [2.24, 2.45) is 5.92 Å². The lowest BCUT2D eigenvalue weighted by atomic mass is 9.98. The van der Waals surface area contributed by atoms with Crippen LogP contribution in [0.4, 0.5) is 0 Å². The first-order valence-electron chi connectivity index (χ1n) is 7.38. The van der Waals surface area contributed by atoms with Crippen LogP contribution in [0.25, 0.3) is 0 Å². The molecule has 2 heterocycles. The monoisotopic (exact) mass is 277 g/mol. The first-order chi connectivity index (χ1) is 9.47. The molecule has 1 saturated heterocycles. The number of nitrogens with zero attached hydrogens (tertiary/aromatic N) is 4. The molecular formula is C15H25N4O+. The summed E-state index contributed by atoms with van der Waals surface area (Å²) in [5, 5.41) is 0. The molecule has 2 unspecified atom stereocenters. The van der Waals surface area contributed by atoms with Gasteiger partial charge in [-0.1, -0.05) is 13.8 Å². The van der Waals surface area contributed by atoms with Gasteiger partial charge < -0.3 is 9.38 Å². The van der Waals surface area contributed by atoms with E-state index in [4.69, 9.17) is 0 Å². The van der Waals surface area contributed by atoms with Crippen LogP contribution >= 0.6 is 0 Å². The van der Waals surface area contributed by atoms with Crippen LogP contribution in [0.3, 0.4) is 0 Å². The highest BCUT2D eigenvalue weighted by Crippen LogP contribution is 2.22. The molecule has 0 spiro atoms. The Kier molecular flexibility index (Phi) is 4.38. The number of rotatable bonds is 3. The van der Waals surface area contributed by atoms with Crippen LogP contribution < -0.4 is 0 Å². The molecule has 0 bridgehead atoms. The molecule has 110 valence electrons. The van der Waals surface area contributed by atoms with E-state index in [2.05, 4.69) is 37.8 Å². The maximum Gasteiger partial charge on any atom is 0.292 e. The number of carbonyl (C=O) groups excluding carboxylic acids is 1. The second-order valence-corrected chi connectivity index (χ2v) is 6.22. The molecule has 0 saturated carbocycles. The average molecular weight is 277 g/mol. The Hall–Kier alpha value is -1.49. The largest absolute Gasteiger partial charge is 0.323 e. The Bertz CT molecular complexity index is 462. The second kappa shape index (κ2) is 5.87. The molecule has 20 heavy (non-hydrogen) atoms. The number of amides is 1. The zero-order chi connectivity index (χ0) is 14.8. The van der Waals surface area contributed by atoms with Crippen molar-refractivity contribution in [1.29, 1.82) is 0 Å². The Morgan fingerprint density at radius 2 is 2.10 bits per heavy atom. The predicted molar refractivity (Wildman–Crippen MR) is 78.2 cm³/mol. The fourth-order valence-corrected chi connectivity index (χ4v) is 2.80. The Balaban J connectivity index is 2.21. The lowest BCUT2D eigenvalue weighted by molar-refractivity contribution is -0.914. The van der Waals surface area contributed by atoms with Gasteiger partial charge in [0.1, 0.15) is 0 Å². The standard InChI is InChI=1S/C15H25N4O/c1-5-19(4)10-9-18(13(11-19)12(2)3)15(20)14-16-7-6-8-17-14/h6-8,12-13H,5,9-11H2,1-4H3/q+1. The highest BCUT2D eigenvalue weighted by molar-refractivity contribution is 5.90. The molecule has 0 N–H and O–H groups in total. The molecule has 1 fully saturated rings. The molecule has 2 atom stereocenters. The zero-order valence-corrected chi connectivity index (χ0v) is 12.9. The van der Waals surface area contributed by atoms with Crippen LogP contribution in [-0.2, 0) is 0 Å². The zero-order valence-electron chi connectivity index (χ0n) is 12.9. The van der Waals surface area contributed by atoms with Crippen LogP contribution in [-0.4, -0.2) is 64.5 Å². The topological polar surface area (TPSA) is 46.1 Å². The highest BCUT2D eigenvalue weighted by atomic mass is 16.2. The summed E-state index contributed by atoms with van der Waals surface area (Å²) in [4.78, 5) is 22.8. The number of aromatic nitrogens is 2. The number of hydrogen-bond acceptors (Lipinski definition) is 3. The average Bonchev–Trinajstić information content (AvgIpc) is 2.47. The van der Waals surface area contributed by atoms with Gasteiger partial charge in [-0.05, 0) is 18.9 Å². The highest BCUT2D eigenvalue weighted by Gasteiger charge is 2.39. The Labute approximate surface area is 121 Å². The van der Waals surface area contributed by atoms with Crippen molar-refractivity contribution in [1.82, 2.24) is 14.9 Å². The second-order valence-electron chi connectivity index (χ2n) is 6.22. The molecule has 1 amide bonds. The summed E-state index contributed by atoms with van der Waals surface area (Å²) in [7, 11) is 2.27. The summed E-state index contributed by atoms with van der Waals surface area (Å²) in [6.07, 6.45) is 3.25. The van der Waals surface area contributed by atoms with Gasteiger partial charge in [-0.2, -0.15) is 0 Å². The van der Waals surface area contributed by atoms with E-state index in [1.807, 2.05) is 4.90 Å². The maximum atomic E-state index is 12.6. The minimum absolute atomic E-state index is 0.0355. The minimum atomic E-state index is -0.0355. The Morgan fingerprint density at radius 1 is 1.45 bits per heavy atom. The fourth-order valence-electron chi connectivity index (χ4n) is 2.80. The van der Waals surface area contributed by atoms with Gasteiger partial charge in [-0.3, -0.25) is 4.79 Å². The van der Waals surface area contributed by atoms with Gasteiger partial charge in [0.15, 0.2) is 0 Å². The molecule has 0 radical (unpaired) electrons. The minimum Gasteiger partial charge on any atom is -0.323 e. The molecule has 5 nitrogen and oxygen atoms in total. The molecule has 5 heteroatoms. The van der Waals surface area contributed by atoms with Gasteiger partial charge >= 0.3 is 0 Å². The molecule has 1 aliphatic rings.